The van der Waals surface area contributed by atoms with Crippen molar-refractivity contribution in [2.75, 3.05) is 0 Å². The minimum atomic E-state index is -4.09. The van der Waals surface area contributed by atoms with Crippen LogP contribution in [0.25, 0.3) is 0 Å². The Balaban J connectivity index is 2.05. The van der Waals surface area contributed by atoms with E-state index in [9.17, 15) is 13.0 Å². The Morgan fingerprint density at radius 1 is 0.909 bits per heavy atom. The Hall–Kier alpha value is -1.65. The van der Waals surface area contributed by atoms with Gasteiger partial charge in [0.1, 0.15) is 5.25 Å². The standard InChI is InChI=1S/C18H22O3S/c1-14-6-10-16(11-7-14)4-3-5-18(22(19,20)21)17-12-8-15(2)9-13-17/h6-13,18H,3-5H2,1-2H3,(H,19,20,21). The van der Waals surface area contributed by atoms with Gasteiger partial charge in [-0.05, 0) is 44.2 Å². The third-order valence-electron chi connectivity index (χ3n) is 3.86. The lowest BCUT2D eigenvalue weighted by Crippen LogP contribution is -2.12. The monoisotopic (exact) mass is 318 g/mol. The molecule has 0 aliphatic carbocycles. The molecule has 0 aromatic heterocycles. The second kappa shape index (κ2) is 7.07. The van der Waals surface area contributed by atoms with Gasteiger partial charge in [-0.25, -0.2) is 0 Å². The van der Waals surface area contributed by atoms with Crippen LogP contribution in [0.15, 0.2) is 48.5 Å². The normalized spacial score (nSPS) is 13.0. The highest BCUT2D eigenvalue weighted by Gasteiger charge is 2.24. The van der Waals surface area contributed by atoms with Crippen LogP contribution in [0.4, 0.5) is 0 Å². The summed E-state index contributed by atoms with van der Waals surface area (Å²) >= 11 is 0. The van der Waals surface area contributed by atoms with Crippen molar-refractivity contribution in [3.8, 4) is 0 Å². The smallest absolute Gasteiger partial charge is 0.271 e. The van der Waals surface area contributed by atoms with Gasteiger partial charge in [0, 0.05) is 0 Å². The molecule has 0 aliphatic heterocycles. The van der Waals surface area contributed by atoms with E-state index in [0.29, 0.717) is 18.4 Å². The molecule has 0 radical (unpaired) electrons. The van der Waals surface area contributed by atoms with Crippen LogP contribution in [0.5, 0.6) is 0 Å². The average molecular weight is 318 g/mol. The zero-order valence-corrected chi connectivity index (χ0v) is 13.8. The lowest BCUT2D eigenvalue weighted by Gasteiger charge is -2.14. The quantitative estimate of drug-likeness (QED) is 0.810. The average Bonchev–Trinajstić information content (AvgIpc) is 2.46. The zero-order chi connectivity index (χ0) is 16.2. The van der Waals surface area contributed by atoms with E-state index in [1.165, 1.54) is 11.1 Å². The Bertz CT molecular complexity index is 701. The predicted molar refractivity (Wildman–Crippen MR) is 89.6 cm³/mol. The molecule has 0 aliphatic rings. The van der Waals surface area contributed by atoms with Crippen LogP contribution >= 0.6 is 0 Å². The molecule has 3 nitrogen and oxygen atoms in total. The van der Waals surface area contributed by atoms with E-state index in [-0.39, 0.29) is 0 Å². The Morgan fingerprint density at radius 2 is 1.41 bits per heavy atom. The molecular weight excluding hydrogens is 296 g/mol. The van der Waals surface area contributed by atoms with Gasteiger partial charge in [0.25, 0.3) is 10.1 Å². The number of benzene rings is 2. The van der Waals surface area contributed by atoms with Gasteiger partial charge in [0.15, 0.2) is 0 Å². The summed E-state index contributed by atoms with van der Waals surface area (Å²) in [6.45, 7) is 3.99. The molecule has 4 heteroatoms. The van der Waals surface area contributed by atoms with Crippen LogP contribution in [-0.4, -0.2) is 13.0 Å². The molecular formula is C18H22O3S. The van der Waals surface area contributed by atoms with E-state index in [1.54, 1.807) is 12.1 Å². The van der Waals surface area contributed by atoms with Crippen molar-refractivity contribution in [2.45, 2.75) is 38.4 Å². The SMILES string of the molecule is Cc1ccc(CCCC(c2ccc(C)cc2)S(=O)(=O)O)cc1. The maximum atomic E-state index is 11.7. The van der Waals surface area contributed by atoms with Crippen molar-refractivity contribution in [1.29, 1.82) is 0 Å². The summed E-state index contributed by atoms with van der Waals surface area (Å²) in [5.74, 6) is 0. The first kappa shape index (κ1) is 16.7. The first-order valence-electron chi connectivity index (χ1n) is 7.44. The van der Waals surface area contributed by atoms with Crippen molar-refractivity contribution in [3.63, 3.8) is 0 Å². The van der Waals surface area contributed by atoms with Gasteiger partial charge in [0.2, 0.25) is 0 Å². The van der Waals surface area contributed by atoms with Gasteiger partial charge in [-0.3, -0.25) is 4.55 Å². The van der Waals surface area contributed by atoms with E-state index in [4.69, 9.17) is 0 Å². The van der Waals surface area contributed by atoms with Crippen LogP contribution in [0, 0.1) is 13.8 Å². The molecule has 0 saturated carbocycles. The van der Waals surface area contributed by atoms with Gasteiger partial charge in [-0.1, -0.05) is 59.7 Å². The molecule has 1 atom stereocenters. The summed E-state index contributed by atoms with van der Waals surface area (Å²) in [5, 5.41) is -0.849. The minimum absolute atomic E-state index is 0.412. The molecule has 118 valence electrons. The summed E-state index contributed by atoms with van der Waals surface area (Å²) in [4.78, 5) is 0. The highest BCUT2D eigenvalue weighted by Crippen LogP contribution is 2.27. The maximum Gasteiger partial charge on any atom is 0.271 e. The molecule has 0 amide bonds. The van der Waals surface area contributed by atoms with Crippen LogP contribution in [0.1, 0.15) is 40.3 Å². The van der Waals surface area contributed by atoms with E-state index >= 15 is 0 Å². The minimum Gasteiger partial charge on any atom is -0.285 e. The molecule has 2 aromatic rings. The second-order valence-corrected chi connectivity index (χ2v) is 7.39. The number of aryl methyl sites for hydroxylation is 3. The zero-order valence-electron chi connectivity index (χ0n) is 13.0. The maximum absolute atomic E-state index is 11.7. The summed E-state index contributed by atoms with van der Waals surface area (Å²) in [6, 6.07) is 15.5. The molecule has 22 heavy (non-hydrogen) atoms. The van der Waals surface area contributed by atoms with E-state index in [1.807, 2.05) is 26.0 Å². The highest BCUT2D eigenvalue weighted by atomic mass is 32.2. The molecule has 2 aromatic carbocycles. The predicted octanol–water partition coefficient (Wildman–Crippen LogP) is 4.26. The molecule has 2 rings (SSSR count). The number of rotatable bonds is 6. The molecule has 1 unspecified atom stereocenters. The van der Waals surface area contributed by atoms with Gasteiger partial charge >= 0.3 is 0 Å². The first-order valence-corrected chi connectivity index (χ1v) is 8.95. The Labute approximate surface area is 132 Å². The van der Waals surface area contributed by atoms with Crippen LogP contribution in [0.2, 0.25) is 0 Å². The van der Waals surface area contributed by atoms with Gasteiger partial charge in [0.05, 0.1) is 0 Å². The first-order chi connectivity index (χ1) is 10.4. The topological polar surface area (TPSA) is 54.4 Å². The van der Waals surface area contributed by atoms with Crippen molar-refractivity contribution < 1.29 is 13.0 Å². The van der Waals surface area contributed by atoms with Crippen LogP contribution < -0.4 is 0 Å². The second-order valence-electron chi connectivity index (χ2n) is 5.79. The number of hydrogen-bond donors (Lipinski definition) is 1. The molecule has 1 N–H and O–H groups in total. The summed E-state index contributed by atoms with van der Waals surface area (Å²) in [5.41, 5.74) is 4.11. The van der Waals surface area contributed by atoms with E-state index < -0.39 is 15.4 Å². The number of hydrogen-bond acceptors (Lipinski definition) is 2. The van der Waals surface area contributed by atoms with Gasteiger partial charge in [-0.15, -0.1) is 0 Å². The Kier molecular flexibility index (Phi) is 5.37. The summed E-state index contributed by atoms with van der Waals surface area (Å²) in [6.07, 6.45) is 1.93. The molecule has 0 fully saturated rings. The third-order valence-corrected chi connectivity index (χ3v) is 5.09. The summed E-state index contributed by atoms with van der Waals surface area (Å²) in [7, 11) is -4.09. The molecule has 0 bridgehead atoms. The molecule has 0 spiro atoms. The molecule has 0 saturated heterocycles. The van der Waals surface area contributed by atoms with Crippen molar-refractivity contribution in [1.82, 2.24) is 0 Å². The van der Waals surface area contributed by atoms with Gasteiger partial charge < -0.3 is 0 Å². The largest absolute Gasteiger partial charge is 0.285 e. The summed E-state index contributed by atoms with van der Waals surface area (Å²) < 4.78 is 32.8. The fraction of sp³-hybridized carbons (Fsp3) is 0.333. The third kappa shape index (κ3) is 4.68. The molecule has 0 heterocycles. The lowest BCUT2D eigenvalue weighted by atomic mass is 10.0. The highest BCUT2D eigenvalue weighted by molar-refractivity contribution is 7.86. The van der Waals surface area contributed by atoms with E-state index in [0.717, 1.165) is 12.0 Å². The Morgan fingerprint density at radius 3 is 1.91 bits per heavy atom. The fourth-order valence-electron chi connectivity index (χ4n) is 2.51. The van der Waals surface area contributed by atoms with Crippen LogP contribution in [-0.2, 0) is 16.5 Å². The van der Waals surface area contributed by atoms with Crippen molar-refractivity contribution in [3.05, 3.63) is 70.8 Å². The van der Waals surface area contributed by atoms with Gasteiger partial charge in [-0.2, -0.15) is 8.42 Å². The van der Waals surface area contributed by atoms with Crippen LogP contribution in [0.3, 0.4) is 0 Å². The van der Waals surface area contributed by atoms with Crippen molar-refractivity contribution in [2.24, 2.45) is 0 Å². The van der Waals surface area contributed by atoms with Crippen molar-refractivity contribution >= 4 is 10.1 Å². The lowest BCUT2D eigenvalue weighted by molar-refractivity contribution is 0.462. The fourth-order valence-corrected chi connectivity index (χ4v) is 3.48. The van der Waals surface area contributed by atoms with E-state index in [2.05, 4.69) is 24.3 Å².